The van der Waals surface area contributed by atoms with E-state index in [9.17, 15) is 0 Å². The van der Waals surface area contributed by atoms with Crippen LogP contribution in [0.3, 0.4) is 0 Å². The van der Waals surface area contributed by atoms with Gasteiger partial charge in [0.15, 0.2) is 5.96 Å². The van der Waals surface area contributed by atoms with Crippen LogP contribution in [0.5, 0.6) is 0 Å². The van der Waals surface area contributed by atoms with Gasteiger partial charge in [-0.1, -0.05) is 0 Å². The zero-order valence-corrected chi connectivity index (χ0v) is 17.6. The lowest BCUT2D eigenvalue weighted by molar-refractivity contribution is -0.0432. The molecule has 26 heavy (non-hydrogen) atoms. The second-order valence-electron chi connectivity index (χ2n) is 8.17. The molecule has 0 aliphatic carbocycles. The highest BCUT2D eigenvalue weighted by atomic mass is 16.5. The van der Waals surface area contributed by atoms with Crippen molar-refractivity contribution in [2.45, 2.75) is 78.1 Å². The zero-order valence-electron chi connectivity index (χ0n) is 17.6. The number of nitrogens with zero attached hydrogens (tertiary/aromatic N) is 3. The van der Waals surface area contributed by atoms with E-state index < -0.39 is 0 Å². The zero-order chi connectivity index (χ0) is 18.9. The molecule has 2 aliphatic heterocycles. The van der Waals surface area contributed by atoms with Crippen molar-refractivity contribution in [2.75, 3.05) is 45.9 Å². The fourth-order valence-electron chi connectivity index (χ4n) is 4.11. The van der Waals surface area contributed by atoms with E-state index in [2.05, 4.69) is 55.1 Å². The normalized spacial score (nSPS) is 24.5. The van der Waals surface area contributed by atoms with Crippen molar-refractivity contribution in [2.24, 2.45) is 4.99 Å². The molecule has 2 fully saturated rings. The van der Waals surface area contributed by atoms with Crippen molar-refractivity contribution >= 4 is 5.96 Å². The topological polar surface area (TPSA) is 52.1 Å². The molecule has 2 saturated heterocycles. The molecular weight excluding hydrogens is 326 g/mol. The van der Waals surface area contributed by atoms with E-state index >= 15 is 0 Å². The molecule has 2 rings (SSSR count). The van der Waals surface area contributed by atoms with Crippen molar-refractivity contribution in [3.05, 3.63) is 0 Å². The summed E-state index contributed by atoms with van der Waals surface area (Å²) in [6.45, 7) is 18.0. The van der Waals surface area contributed by atoms with Crippen molar-refractivity contribution in [1.82, 2.24) is 20.4 Å². The van der Waals surface area contributed by atoms with Gasteiger partial charge in [0.1, 0.15) is 0 Å². The third-order valence-corrected chi connectivity index (χ3v) is 5.47. The number of hydrogen-bond donors (Lipinski definition) is 2. The Morgan fingerprint density at radius 1 is 1.23 bits per heavy atom. The van der Waals surface area contributed by atoms with Gasteiger partial charge in [0.05, 0.1) is 19.3 Å². The van der Waals surface area contributed by atoms with Crippen LogP contribution in [-0.2, 0) is 4.74 Å². The second-order valence-corrected chi connectivity index (χ2v) is 8.17. The lowest BCUT2D eigenvalue weighted by Crippen LogP contribution is -2.47. The molecule has 0 bridgehead atoms. The Morgan fingerprint density at radius 2 is 2.00 bits per heavy atom. The minimum atomic E-state index is 0.233. The molecule has 2 atom stereocenters. The molecule has 6 nitrogen and oxygen atoms in total. The third-order valence-electron chi connectivity index (χ3n) is 5.47. The number of rotatable bonds is 9. The second kappa shape index (κ2) is 11.1. The van der Waals surface area contributed by atoms with E-state index in [1.165, 1.54) is 19.4 Å². The highest BCUT2D eigenvalue weighted by Gasteiger charge is 2.31. The van der Waals surface area contributed by atoms with Crippen LogP contribution in [0.25, 0.3) is 0 Å². The molecular formula is C20H41N5O. The van der Waals surface area contributed by atoms with Crippen LogP contribution in [0.1, 0.15) is 53.9 Å². The van der Waals surface area contributed by atoms with Crippen molar-refractivity contribution in [3.63, 3.8) is 0 Å². The average Bonchev–Trinajstić information content (AvgIpc) is 3.06. The Hall–Kier alpha value is -0.850. The standard InChI is InChI=1S/C20H41N5O/c1-6-21-20(22-10-8-12-25(16(2)3)17(4)5)23-13-19-14-24-11-7-9-18(24)15-26-19/h16-19H,6-15H2,1-5H3,(H2,21,22,23). The summed E-state index contributed by atoms with van der Waals surface area (Å²) in [5, 5.41) is 6.84. The molecule has 0 saturated carbocycles. The van der Waals surface area contributed by atoms with Gasteiger partial charge in [-0.25, -0.2) is 0 Å². The summed E-state index contributed by atoms with van der Waals surface area (Å²) in [5.74, 6) is 0.917. The van der Waals surface area contributed by atoms with Gasteiger partial charge in [0, 0.05) is 44.3 Å². The Bertz CT molecular complexity index is 418. The van der Waals surface area contributed by atoms with E-state index in [0.717, 1.165) is 51.7 Å². The van der Waals surface area contributed by atoms with Gasteiger partial charge in [-0.05, 0) is 60.4 Å². The smallest absolute Gasteiger partial charge is 0.191 e. The molecule has 0 aromatic rings. The SMILES string of the molecule is CCNC(=NCC1CN2CCCC2CO1)NCCCN(C(C)C)C(C)C. The number of ether oxygens (including phenoxy) is 1. The molecule has 6 heteroatoms. The van der Waals surface area contributed by atoms with Crippen LogP contribution >= 0.6 is 0 Å². The minimum absolute atomic E-state index is 0.233. The Morgan fingerprint density at radius 3 is 2.69 bits per heavy atom. The van der Waals surface area contributed by atoms with E-state index in [-0.39, 0.29) is 6.10 Å². The quantitative estimate of drug-likeness (QED) is 0.370. The summed E-state index contributed by atoms with van der Waals surface area (Å²) in [4.78, 5) is 9.88. The summed E-state index contributed by atoms with van der Waals surface area (Å²) in [7, 11) is 0. The van der Waals surface area contributed by atoms with E-state index in [0.29, 0.717) is 18.1 Å². The van der Waals surface area contributed by atoms with Crippen molar-refractivity contribution in [1.29, 1.82) is 0 Å². The van der Waals surface area contributed by atoms with Crippen LogP contribution in [-0.4, -0.2) is 85.9 Å². The first-order valence-electron chi connectivity index (χ1n) is 10.6. The van der Waals surface area contributed by atoms with E-state index in [1.54, 1.807) is 0 Å². The number of morpholine rings is 1. The third kappa shape index (κ3) is 6.71. The number of nitrogens with one attached hydrogen (secondary N) is 2. The van der Waals surface area contributed by atoms with E-state index in [4.69, 9.17) is 9.73 Å². The van der Waals surface area contributed by atoms with Crippen molar-refractivity contribution in [3.8, 4) is 0 Å². The summed E-state index contributed by atoms with van der Waals surface area (Å²) < 4.78 is 6.02. The molecule has 152 valence electrons. The largest absolute Gasteiger partial charge is 0.373 e. The van der Waals surface area contributed by atoms with Gasteiger partial charge in [-0.15, -0.1) is 0 Å². The molecule has 0 aromatic carbocycles. The van der Waals surface area contributed by atoms with Gasteiger partial charge >= 0.3 is 0 Å². The fourth-order valence-corrected chi connectivity index (χ4v) is 4.11. The summed E-state index contributed by atoms with van der Waals surface area (Å²) >= 11 is 0. The summed E-state index contributed by atoms with van der Waals surface area (Å²) in [6.07, 6.45) is 3.97. The highest BCUT2D eigenvalue weighted by molar-refractivity contribution is 5.79. The maximum Gasteiger partial charge on any atom is 0.191 e. The molecule has 2 unspecified atom stereocenters. The molecule has 0 amide bonds. The Labute approximate surface area is 160 Å². The maximum absolute atomic E-state index is 6.02. The molecule has 2 N–H and O–H groups in total. The van der Waals surface area contributed by atoms with Crippen LogP contribution in [0.2, 0.25) is 0 Å². The van der Waals surface area contributed by atoms with Gasteiger partial charge in [0.25, 0.3) is 0 Å². The van der Waals surface area contributed by atoms with Gasteiger partial charge in [-0.3, -0.25) is 14.8 Å². The molecule has 0 spiro atoms. The monoisotopic (exact) mass is 367 g/mol. The maximum atomic E-state index is 6.02. The predicted molar refractivity (Wildman–Crippen MR) is 110 cm³/mol. The minimum Gasteiger partial charge on any atom is -0.373 e. The Balaban J connectivity index is 1.72. The first kappa shape index (κ1) is 21.5. The predicted octanol–water partition coefficient (Wildman–Crippen LogP) is 1.91. The lowest BCUT2D eigenvalue weighted by Gasteiger charge is -2.34. The first-order chi connectivity index (χ1) is 12.5. The van der Waals surface area contributed by atoms with Crippen LogP contribution in [0, 0.1) is 0 Å². The van der Waals surface area contributed by atoms with Gasteiger partial charge < -0.3 is 15.4 Å². The number of guanidine groups is 1. The highest BCUT2D eigenvalue weighted by Crippen LogP contribution is 2.22. The number of aliphatic imine (C=N–C) groups is 1. The number of fused-ring (bicyclic) bond motifs is 1. The molecule has 2 heterocycles. The summed E-state index contributed by atoms with van der Waals surface area (Å²) in [6, 6.07) is 1.84. The van der Waals surface area contributed by atoms with Gasteiger partial charge in [0.2, 0.25) is 0 Å². The average molecular weight is 368 g/mol. The molecule has 2 aliphatic rings. The van der Waals surface area contributed by atoms with Crippen LogP contribution < -0.4 is 10.6 Å². The molecule has 0 aromatic heterocycles. The van der Waals surface area contributed by atoms with E-state index in [1.807, 2.05) is 0 Å². The van der Waals surface area contributed by atoms with Crippen LogP contribution in [0.4, 0.5) is 0 Å². The Kier molecular flexibility index (Phi) is 9.16. The number of hydrogen-bond acceptors (Lipinski definition) is 4. The van der Waals surface area contributed by atoms with Crippen LogP contribution in [0.15, 0.2) is 4.99 Å². The first-order valence-corrected chi connectivity index (χ1v) is 10.6. The van der Waals surface area contributed by atoms with Crippen molar-refractivity contribution < 1.29 is 4.74 Å². The molecule has 0 radical (unpaired) electrons. The lowest BCUT2D eigenvalue weighted by atomic mass is 10.2. The summed E-state index contributed by atoms with van der Waals surface area (Å²) in [5.41, 5.74) is 0. The van der Waals surface area contributed by atoms with Gasteiger partial charge in [-0.2, -0.15) is 0 Å². The fraction of sp³-hybridized carbons (Fsp3) is 0.950.